The van der Waals surface area contributed by atoms with Gasteiger partial charge in [-0.05, 0) is 57.8 Å². The van der Waals surface area contributed by atoms with E-state index in [1.165, 1.54) is 0 Å². The van der Waals surface area contributed by atoms with Crippen LogP contribution in [0.5, 0.6) is 5.75 Å². The summed E-state index contributed by atoms with van der Waals surface area (Å²) < 4.78 is 6.90. The lowest BCUT2D eigenvalue weighted by Gasteiger charge is -2.25. The summed E-state index contributed by atoms with van der Waals surface area (Å²) in [4.78, 5) is 27.7. The van der Waals surface area contributed by atoms with E-state index in [-0.39, 0.29) is 6.04 Å². The molecular formula is C24H28N4O3. The van der Waals surface area contributed by atoms with Crippen LogP contribution >= 0.6 is 0 Å². The second kappa shape index (κ2) is 9.57. The molecular weight excluding hydrogens is 392 g/mol. The molecule has 7 heteroatoms. The number of carbonyl (C=O) groups excluding carboxylic acids is 2. The molecule has 0 saturated heterocycles. The summed E-state index contributed by atoms with van der Waals surface area (Å²) in [5.41, 5.74) is 3.37. The summed E-state index contributed by atoms with van der Waals surface area (Å²) in [6, 6.07) is 17.1. The van der Waals surface area contributed by atoms with E-state index in [1.807, 2.05) is 73.6 Å². The maximum Gasteiger partial charge on any atom is 0.292 e. The fourth-order valence-corrected chi connectivity index (χ4v) is 3.60. The van der Waals surface area contributed by atoms with Crippen LogP contribution in [0.2, 0.25) is 0 Å². The maximum absolute atomic E-state index is 12.9. The highest BCUT2D eigenvalue weighted by molar-refractivity contribution is 6.43. The van der Waals surface area contributed by atoms with Crippen LogP contribution in [0.15, 0.2) is 54.6 Å². The summed E-state index contributed by atoms with van der Waals surface area (Å²) in [7, 11) is 5.48. The van der Waals surface area contributed by atoms with Gasteiger partial charge in [0.15, 0.2) is 0 Å². The molecule has 0 radical (unpaired) electrons. The molecule has 1 atom stereocenters. The van der Waals surface area contributed by atoms with Crippen molar-refractivity contribution in [3.05, 3.63) is 77.1 Å². The summed E-state index contributed by atoms with van der Waals surface area (Å²) in [6.45, 7) is 3.84. The maximum atomic E-state index is 12.9. The van der Waals surface area contributed by atoms with Crippen molar-refractivity contribution in [2.24, 2.45) is 0 Å². The van der Waals surface area contributed by atoms with Crippen LogP contribution < -0.4 is 10.1 Å². The molecule has 1 amide bonds. The van der Waals surface area contributed by atoms with E-state index in [0.29, 0.717) is 23.5 Å². The van der Waals surface area contributed by atoms with Crippen molar-refractivity contribution in [2.75, 3.05) is 27.7 Å². The fraction of sp³-hybridized carbons (Fsp3) is 0.292. The zero-order valence-corrected chi connectivity index (χ0v) is 18.5. The van der Waals surface area contributed by atoms with Crippen molar-refractivity contribution in [1.29, 1.82) is 0 Å². The molecule has 1 unspecified atom stereocenters. The number of nitrogens with zero attached hydrogens (tertiary/aromatic N) is 3. The predicted octanol–water partition coefficient (Wildman–Crippen LogP) is 3.10. The summed E-state index contributed by atoms with van der Waals surface area (Å²) in [6.07, 6.45) is 0. The number of ether oxygens (including phenoxy) is 1. The third-order valence-electron chi connectivity index (χ3n) is 5.31. The van der Waals surface area contributed by atoms with Gasteiger partial charge in [-0.2, -0.15) is 5.10 Å². The minimum absolute atomic E-state index is 0.0862. The lowest BCUT2D eigenvalue weighted by atomic mass is 10.0. The highest BCUT2D eigenvalue weighted by atomic mass is 16.5. The highest BCUT2D eigenvalue weighted by Crippen LogP contribution is 2.21. The van der Waals surface area contributed by atoms with Crippen LogP contribution in [0.1, 0.15) is 33.4 Å². The molecule has 3 aromatic rings. The smallest absolute Gasteiger partial charge is 0.292 e. The number of carbonyl (C=O) groups is 2. The second-order valence-corrected chi connectivity index (χ2v) is 7.58. The first kappa shape index (κ1) is 22.2. The number of methoxy groups -OCH3 is 1. The average molecular weight is 421 g/mol. The summed E-state index contributed by atoms with van der Waals surface area (Å²) in [5, 5.41) is 7.26. The van der Waals surface area contributed by atoms with Crippen molar-refractivity contribution in [3.8, 4) is 11.4 Å². The standard InChI is InChI=1S/C24H28N4O3/c1-16-22(17(2)28(26-16)19-9-7-6-8-10-19)23(29)24(30)25-15-21(27(3)4)18-11-13-20(31-5)14-12-18/h6-14,21H,15H2,1-5H3,(H,25,30). The normalized spacial score (nSPS) is 11.9. The highest BCUT2D eigenvalue weighted by Gasteiger charge is 2.26. The average Bonchev–Trinajstić information content (AvgIpc) is 3.07. The molecule has 0 bridgehead atoms. The number of para-hydroxylation sites is 1. The number of Topliss-reactive ketones (excluding diaryl/α,β-unsaturated/α-hetero) is 1. The van der Waals surface area contributed by atoms with Gasteiger partial charge in [-0.3, -0.25) is 9.59 Å². The number of aryl methyl sites for hydroxylation is 1. The number of benzene rings is 2. The van der Waals surface area contributed by atoms with Crippen LogP contribution in [0, 0.1) is 13.8 Å². The largest absolute Gasteiger partial charge is 0.497 e. The Bertz CT molecular complexity index is 1060. The van der Waals surface area contributed by atoms with Crippen LogP contribution in [-0.4, -0.2) is 54.1 Å². The lowest BCUT2D eigenvalue weighted by Crippen LogP contribution is -2.38. The minimum atomic E-state index is -0.640. The zero-order chi connectivity index (χ0) is 22.5. The number of hydrogen-bond donors (Lipinski definition) is 1. The molecule has 0 aliphatic carbocycles. The molecule has 0 fully saturated rings. The Kier molecular flexibility index (Phi) is 6.87. The number of likely N-dealkylation sites (N-methyl/N-ethyl adjacent to an activating group) is 1. The van der Waals surface area contributed by atoms with E-state index < -0.39 is 11.7 Å². The second-order valence-electron chi connectivity index (χ2n) is 7.58. The molecule has 0 spiro atoms. The van der Waals surface area contributed by atoms with Crippen molar-refractivity contribution in [2.45, 2.75) is 19.9 Å². The van der Waals surface area contributed by atoms with Crippen LogP contribution in [0.3, 0.4) is 0 Å². The molecule has 0 aliphatic rings. The molecule has 31 heavy (non-hydrogen) atoms. The summed E-state index contributed by atoms with van der Waals surface area (Å²) in [5.74, 6) is -0.453. The Morgan fingerprint density at radius 3 is 2.29 bits per heavy atom. The SMILES string of the molecule is COc1ccc(C(CNC(=O)C(=O)c2c(C)nn(-c3ccccc3)c2C)N(C)C)cc1. The van der Waals surface area contributed by atoms with Gasteiger partial charge in [-0.15, -0.1) is 0 Å². The van der Waals surface area contributed by atoms with Crippen molar-refractivity contribution in [3.63, 3.8) is 0 Å². The topological polar surface area (TPSA) is 76.5 Å². The molecule has 0 aliphatic heterocycles. The van der Waals surface area contributed by atoms with E-state index in [2.05, 4.69) is 10.4 Å². The van der Waals surface area contributed by atoms with Gasteiger partial charge in [0.05, 0.1) is 35.8 Å². The van der Waals surface area contributed by atoms with Crippen LogP contribution in [0.25, 0.3) is 5.69 Å². The Balaban J connectivity index is 1.75. The van der Waals surface area contributed by atoms with Gasteiger partial charge in [-0.1, -0.05) is 30.3 Å². The molecule has 3 rings (SSSR count). The molecule has 1 aromatic heterocycles. The Hall–Kier alpha value is -3.45. The molecule has 2 aromatic carbocycles. The first-order chi connectivity index (χ1) is 14.8. The van der Waals surface area contributed by atoms with Gasteiger partial charge >= 0.3 is 0 Å². The Morgan fingerprint density at radius 1 is 1.06 bits per heavy atom. The van der Waals surface area contributed by atoms with Gasteiger partial charge in [0.2, 0.25) is 0 Å². The Morgan fingerprint density at radius 2 is 1.71 bits per heavy atom. The van der Waals surface area contributed by atoms with Crippen molar-refractivity contribution in [1.82, 2.24) is 20.0 Å². The lowest BCUT2D eigenvalue weighted by molar-refractivity contribution is -0.117. The first-order valence-electron chi connectivity index (χ1n) is 10.1. The van der Waals surface area contributed by atoms with E-state index in [4.69, 9.17) is 4.74 Å². The van der Waals surface area contributed by atoms with Gasteiger partial charge in [0, 0.05) is 6.54 Å². The van der Waals surface area contributed by atoms with Gasteiger partial charge in [-0.25, -0.2) is 4.68 Å². The molecule has 0 saturated carbocycles. The molecule has 1 N–H and O–H groups in total. The number of aromatic nitrogens is 2. The van der Waals surface area contributed by atoms with Gasteiger partial charge in [0.25, 0.3) is 11.7 Å². The molecule has 162 valence electrons. The van der Waals surface area contributed by atoms with E-state index in [1.54, 1.807) is 25.6 Å². The van der Waals surface area contributed by atoms with Crippen molar-refractivity contribution < 1.29 is 14.3 Å². The van der Waals surface area contributed by atoms with E-state index in [0.717, 1.165) is 17.0 Å². The van der Waals surface area contributed by atoms with E-state index in [9.17, 15) is 9.59 Å². The number of hydrogen-bond acceptors (Lipinski definition) is 5. The number of amides is 1. The van der Waals surface area contributed by atoms with Gasteiger partial charge < -0.3 is 15.0 Å². The predicted molar refractivity (Wildman–Crippen MR) is 120 cm³/mol. The van der Waals surface area contributed by atoms with Gasteiger partial charge in [0.1, 0.15) is 5.75 Å². The fourth-order valence-electron chi connectivity index (χ4n) is 3.60. The molecule has 7 nitrogen and oxygen atoms in total. The number of nitrogens with one attached hydrogen (secondary N) is 1. The Labute approximate surface area is 182 Å². The quantitative estimate of drug-likeness (QED) is 0.448. The monoisotopic (exact) mass is 420 g/mol. The van der Waals surface area contributed by atoms with E-state index >= 15 is 0 Å². The first-order valence-corrected chi connectivity index (χ1v) is 10.1. The third-order valence-corrected chi connectivity index (χ3v) is 5.31. The number of ketones is 1. The number of rotatable bonds is 8. The third kappa shape index (κ3) is 4.83. The summed E-state index contributed by atoms with van der Waals surface area (Å²) >= 11 is 0. The van der Waals surface area contributed by atoms with Crippen LogP contribution in [-0.2, 0) is 4.79 Å². The van der Waals surface area contributed by atoms with Crippen molar-refractivity contribution >= 4 is 11.7 Å². The minimum Gasteiger partial charge on any atom is -0.497 e. The van der Waals surface area contributed by atoms with Crippen LogP contribution in [0.4, 0.5) is 0 Å². The zero-order valence-electron chi connectivity index (χ0n) is 18.5. The molecule has 1 heterocycles.